The number of ether oxygens (including phenoxy) is 1. The highest BCUT2D eigenvalue weighted by Gasteiger charge is 2.19. The molecule has 64 heavy (non-hydrogen) atoms. The van der Waals surface area contributed by atoms with Gasteiger partial charge in [0.05, 0.1) is 13.2 Å². The number of nitrogens with one attached hydrogen (secondary N) is 2. The van der Waals surface area contributed by atoms with E-state index < -0.39 is 24.5 Å². The quantitative estimate of drug-likeness (QED) is 0.0270. The lowest BCUT2D eigenvalue weighted by Crippen LogP contribution is -2.47. The van der Waals surface area contributed by atoms with Crippen molar-refractivity contribution < 1.29 is 34.1 Å². The highest BCUT2D eigenvalue weighted by Crippen LogP contribution is 2.19. The number of carboxylic acids is 1. The predicted octanol–water partition coefficient (Wildman–Crippen LogP) is 14.9. The first-order valence-electron chi connectivity index (χ1n) is 27.6. The number of esters is 1. The number of unbranched alkanes of at least 4 members (excludes halogenated alkanes) is 35. The molecule has 0 saturated carbocycles. The number of amides is 2. The fraction of sp³-hybridized carbons (Fsp3) is 0.891. The standard InChI is InChI=1S/C55H104N2O7/c1-3-5-7-9-11-13-15-17-18-19-20-21-22-23-24-25-26-28-30-32-34-39-43-47-54(61)64-50(44-40-36-33-31-29-27-16-14-12-10-8-6-4-2)45-41-37-35-38-42-46-52(59)56-48-53(60)57-51(49-58)55(62)63/h31,33,50-51,58H,3-30,32,34-49H2,1-2H3,(H,56,59)(H,57,60)(H,62,63)/b33-31-. The van der Waals surface area contributed by atoms with Crippen LogP contribution in [0.25, 0.3) is 0 Å². The normalized spacial score (nSPS) is 12.4. The second-order valence-corrected chi connectivity index (χ2v) is 19.0. The van der Waals surface area contributed by atoms with Gasteiger partial charge in [-0.15, -0.1) is 0 Å². The van der Waals surface area contributed by atoms with Gasteiger partial charge < -0.3 is 25.6 Å². The van der Waals surface area contributed by atoms with Gasteiger partial charge in [-0.2, -0.15) is 0 Å². The summed E-state index contributed by atoms with van der Waals surface area (Å²) in [5, 5.41) is 22.6. The van der Waals surface area contributed by atoms with E-state index in [1.165, 1.54) is 186 Å². The van der Waals surface area contributed by atoms with Gasteiger partial charge in [0.15, 0.2) is 0 Å². The number of carbonyl (C=O) groups excluding carboxylic acids is 3. The average molecular weight is 905 g/mol. The number of aliphatic carboxylic acids is 1. The van der Waals surface area contributed by atoms with Crippen molar-refractivity contribution in [3.8, 4) is 0 Å². The van der Waals surface area contributed by atoms with E-state index in [9.17, 15) is 19.2 Å². The van der Waals surface area contributed by atoms with Crippen molar-refractivity contribution in [2.75, 3.05) is 13.2 Å². The van der Waals surface area contributed by atoms with E-state index in [1.807, 2.05) is 0 Å². The number of carboxylic acid groups (broad SMARTS) is 1. The van der Waals surface area contributed by atoms with E-state index in [-0.39, 0.29) is 24.5 Å². The first kappa shape index (κ1) is 61.6. The smallest absolute Gasteiger partial charge is 0.328 e. The fourth-order valence-electron chi connectivity index (χ4n) is 8.54. The number of carbonyl (C=O) groups is 4. The molecule has 2 amide bonds. The first-order chi connectivity index (χ1) is 31.3. The summed E-state index contributed by atoms with van der Waals surface area (Å²) in [6.07, 6.45) is 57.0. The Morgan fingerprint density at radius 2 is 0.812 bits per heavy atom. The van der Waals surface area contributed by atoms with E-state index in [1.54, 1.807) is 0 Å². The van der Waals surface area contributed by atoms with Crippen molar-refractivity contribution in [1.29, 1.82) is 0 Å². The summed E-state index contributed by atoms with van der Waals surface area (Å²) < 4.78 is 6.06. The monoisotopic (exact) mass is 905 g/mol. The Morgan fingerprint density at radius 3 is 1.23 bits per heavy atom. The molecule has 0 aliphatic rings. The molecule has 0 aliphatic heterocycles. The summed E-state index contributed by atoms with van der Waals surface area (Å²) in [7, 11) is 0. The predicted molar refractivity (Wildman–Crippen MR) is 269 cm³/mol. The van der Waals surface area contributed by atoms with Crippen molar-refractivity contribution in [3.63, 3.8) is 0 Å². The topological polar surface area (TPSA) is 142 Å². The van der Waals surface area contributed by atoms with Gasteiger partial charge in [-0.25, -0.2) is 4.79 Å². The SMILES string of the molecule is CCCCCCCCCC/C=C\CCCC(CCCCCCCC(=O)NCC(=O)NC(CO)C(=O)O)OC(=O)CCCCCCCCCCCCCCCCCCCCCCCCC. The molecule has 0 spiro atoms. The van der Waals surface area contributed by atoms with Crippen molar-refractivity contribution in [2.45, 2.75) is 302 Å². The Labute approximate surface area is 394 Å². The molecule has 0 heterocycles. The van der Waals surface area contributed by atoms with Crippen LogP contribution in [0, 0.1) is 0 Å². The van der Waals surface area contributed by atoms with Crippen LogP contribution in [-0.4, -0.2) is 59.3 Å². The van der Waals surface area contributed by atoms with Gasteiger partial charge in [0.25, 0.3) is 0 Å². The molecule has 0 radical (unpaired) electrons. The summed E-state index contributed by atoms with van der Waals surface area (Å²) in [5.74, 6) is -2.29. The number of hydrogen-bond donors (Lipinski definition) is 4. The first-order valence-corrected chi connectivity index (χ1v) is 27.6. The maximum absolute atomic E-state index is 12.9. The van der Waals surface area contributed by atoms with Crippen molar-refractivity contribution in [2.24, 2.45) is 0 Å². The summed E-state index contributed by atoms with van der Waals surface area (Å²) in [6, 6.07) is -1.38. The third kappa shape index (κ3) is 46.1. The maximum atomic E-state index is 12.9. The zero-order valence-electron chi connectivity index (χ0n) is 42.1. The summed E-state index contributed by atoms with van der Waals surface area (Å²) in [6.45, 7) is 3.52. The second kappa shape index (κ2) is 50.0. The lowest BCUT2D eigenvalue weighted by Gasteiger charge is -2.18. The molecule has 0 saturated heterocycles. The van der Waals surface area contributed by atoms with Crippen LogP contribution in [0.1, 0.15) is 290 Å². The largest absolute Gasteiger partial charge is 0.480 e. The Bertz CT molecular complexity index is 1080. The van der Waals surface area contributed by atoms with Crippen LogP contribution in [0.2, 0.25) is 0 Å². The van der Waals surface area contributed by atoms with E-state index in [2.05, 4.69) is 36.6 Å². The zero-order chi connectivity index (χ0) is 46.8. The third-order valence-electron chi connectivity index (χ3n) is 12.8. The molecule has 2 atom stereocenters. The molecule has 9 heteroatoms. The van der Waals surface area contributed by atoms with Crippen LogP contribution in [0.4, 0.5) is 0 Å². The second-order valence-electron chi connectivity index (χ2n) is 19.0. The minimum Gasteiger partial charge on any atom is -0.480 e. The van der Waals surface area contributed by atoms with Gasteiger partial charge in [0, 0.05) is 12.8 Å². The maximum Gasteiger partial charge on any atom is 0.328 e. The lowest BCUT2D eigenvalue weighted by molar-refractivity contribution is -0.150. The minimum atomic E-state index is -1.38. The highest BCUT2D eigenvalue weighted by atomic mass is 16.5. The molecule has 9 nitrogen and oxygen atoms in total. The number of aliphatic hydroxyl groups is 1. The molecule has 0 aromatic heterocycles. The summed E-state index contributed by atoms with van der Waals surface area (Å²) >= 11 is 0. The van der Waals surface area contributed by atoms with Crippen molar-refractivity contribution in [3.05, 3.63) is 12.2 Å². The Hall–Kier alpha value is -2.42. The molecule has 0 aromatic rings. The van der Waals surface area contributed by atoms with Gasteiger partial charge in [-0.3, -0.25) is 14.4 Å². The van der Waals surface area contributed by atoms with Crippen LogP contribution < -0.4 is 10.6 Å². The van der Waals surface area contributed by atoms with Crippen LogP contribution in [0.5, 0.6) is 0 Å². The van der Waals surface area contributed by atoms with Crippen molar-refractivity contribution in [1.82, 2.24) is 10.6 Å². The lowest BCUT2D eigenvalue weighted by atomic mass is 10.0. The molecule has 0 fully saturated rings. The number of rotatable bonds is 51. The average Bonchev–Trinajstić information content (AvgIpc) is 3.28. The molecule has 376 valence electrons. The molecule has 2 unspecified atom stereocenters. The summed E-state index contributed by atoms with van der Waals surface area (Å²) in [5.41, 5.74) is 0. The molecule has 0 aromatic carbocycles. The molecule has 4 N–H and O–H groups in total. The number of hydrogen-bond acceptors (Lipinski definition) is 6. The van der Waals surface area contributed by atoms with Gasteiger partial charge in [-0.05, 0) is 57.8 Å². The van der Waals surface area contributed by atoms with E-state index in [0.717, 1.165) is 70.6 Å². The van der Waals surface area contributed by atoms with Gasteiger partial charge >= 0.3 is 11.9 Å². The highest BCUT2D eigenvalue weighted by molar-refractivity contribution is 5.87. The molecule has 0 aliphatic carbocycles. The molecule has 0 rings (SSSR count). The Balaban J connectivity index is 4.18. The molecular formula is C55H104N2O7. The Morgan fingerprint density at radius 1 is 0.453 bits per heavy atom. The number of allylic oxidation sites excluding steroid dienone is 2. The minimum absolute atomic E-state index is 0.0402. The zero-order valence-corrected chi connectivity index (χ0v) is 42.1. The molecular weight excluding hydrogens is 801 g/mol. The van der Waals surface area contributed by atoms with Crippen LogP contribution in [0.15, 0.2) is 12.2 Å². The van der Waals surface area contributed by atoms with E-state index in [4.69, 9.17) is 14.9 Å². The van der Waals surface area contributed by atoms with Crippen LogP contribution in [0.3, 0.4) is 0 Å². The van der Waals surface area contributed by atoms with Crippen LogP contribution in [-0.2, 0) is 23.9 Å². The molecule has 0 bridgehead atoms. The fourth-order valence-corrected chi connectivity index (χ4v) is 8.54. The van der Waals surface area contributed by atoms with Gasteiger partial charge in [-0.1, -0.05) is 231 Å². The Kier molecular flexibility index (Phi) is 48.1. The van der Waals surface area contributed by atoms with Crippen LogP contribution >= 0.6 is 0 Å². The van der Waals surface area contributed by atoms with Gasteiger partial charge in [0.2, 0.25) is 11.8 Å². The van der Waals surface area contributed by atoms with E-state index in [0.29, 0.717) is 19.3 Å². The van der Waals surface area contributed by atoms with Gasteiger partial charge in [0.1, 0.15) is 12.1 Å². The van der Waals surface area contributed by atoms with E-state index >= 15 is 0 Å². The van der Waals surface area contributed by atoms with Crippen molar-refractivity contribution >= 4 is 23.8 Å². The number of aliphatic hydroxyl groups excluding tert-OH is 1. The summed E-state index contributed by atoms with van der Waals surface area (Å²) in [4.78, 5) is 47.8. The third-order valence-corrected chi connectivity index (χ3v) is 12.8.